The molecule has 1 heterocycles. The van der Waals surface area contributed by atoms with E-state index in [4.69, 9.17) is 0 Å². The van der Waals surface area contributed by atoms with Crippen LogP contribution >= 0.6 is 11.8 Å². The zero-order valence-electron chi connectivity index (χ0n) is 9.90. The molecule has 0 bridgehead atoms. The van der Waals surface area contributed by atoms with E-state index in [1.54, 1.807) is 11.8 Å². The van der Waals surface area contributed by atoms with E-state index in [1.165, 1.54) is 0 Å². The van der Waals surface area contributed by atoms with Gasteiger partial charge in [0.15, 0.2) is 11.6 Å². The Balaban J connectivity index is 2.41. The van der Waals surface area contributed by atoms with Crippen LogP contribution < -0.4 is 0 Å². The van der Waals surface area contributed by atoms with Crippen LogP contribution in [0.4, 0.5) is 13.2 Å². The summed E-state index contributed by atoms with van der Waals surface area (Å²) < 4.78 is 65.0. The van der Waals surface area contributed by atoms with Crippen LogP contribution in [0.15, 0.2) is 17.0 Å². The fraction of sp³-hybridized carbons (Fsp3) is 0.455. The van der Waals surface area contributed by atoms with Crippen LogP contribution in [0.25, 0.3) is 0 Å². The first-order valence-corrected chi connectivity index (χ1v) is 8.25. The average molecular weight is 311 g/mol. The lowest BCUT2D eigenvalue weighted by Gasteiger charge is -2.20. The van der Waals surface area contributed by atoms with Gasteiger partial charge in [-0.25, -0.2) is 21.6 Å². The fourth-order valence-corrected chi connectivity index (χ4v) is 4.34. The Labute approximate surface area is 113 Å². The van der Waals surface area contributed by atoms with E-state index in [9.17, 15) is 21.6 Å². The molecule has 19 heavy (non-hydrogen) atoms. The van der Waals surface area contributed by atoms with Crippen molar-refractivity contribution >= 4 is 21.8 Å². The van der Waals surface area contributed by atoms with Gasteiger partial charge in [-0.05, 0) is 18.2 Å². The lowest BCUT2D eigenvalue weighted by Crippen LogP contribution is -2.33. The molecule has 0 aliphatic carbocycles. The van der Waals surface area contributed by atoms with Crippen molar-refractivity contribution in [1.29, 1.82) is 0 Å². The van der Waals surface area contributed by atoms with Crippen molar-refractivity contribution < 1.29 is 21.6 Å². The third-order valence-electron chi connectivity index (χ3n) is 2.77. The van der Waals surface area contributed by atoms with Crippen molar-refractivity contribution in [3.63, 3.8) is 0 Å². The number of hydrogen-bond donors (Lipinski definition) is 0. The summed E-state index contributed by atoms with van der Waals surface area (Å²) in [6.07, 6.45) is 0.648. The normalized spacial score (nSPS) is 18.3. The van der Waals surface area contributed by atoms with Crippen LogP contribution in [0, 0.1) is 17.5 Å². The highest BCUT2D eigenvalue weighted by atomic mass is 32.2. The van der Waals surface area contributed by atoms with Gasteiger partial charge in [-0.15, -0.1) is 0 Å². The van der Waals surface area contributed by atoms with Crippen LogP contribution in [0.2, 0.25) is 0 Å². The molecule has 1 aliphatic rings. The summed E-state index contributed by atoms with van der Waals surface area (Å²) in [5.74, 6) is -2.61. The van der Waals surface area contributed by atoms with Crippen LogP contribution in [0.3, 0.4) is 0 Å². The van der Waals surface area contributed by atoms with Crippen molar-refractivity contribution in [3.8, 4) is 0 Å². The maximum Gasteiger partial charge on any atom is 0.246 e. The largest absolute Gasteiger partial charge is 0.246 e. The molecule has 1 aromatic rings. The van der Waals surface area contributed by atoms with E-state index in [-0.39, 0.29) is 19.2 Å². The van der Waals surface area contributed by atoms with Gasteiger partial charge in [-0.1, -0.05) is 0 Å². The lowest BCUT2D eigenvalue weighted by atomic mass is 10.3. The number of nitrogens with zero attached hydrogens (tertiary/aromatic N) is 1. The highest BCUT2D eigenvalue weighted by molar-refractivity contribution is 7.99. The van der Waals surface area contributed by atoms with Crippen LogP contribution in [-0.4, -0.2) is 37.3 Å². The molecule has 106 valence electrons. The Kier molecular flexibility index (Phi) is 4.42. The molecule has 0 spiro atoms. The standard InChI is InChI=1S/C11H12F3NO2S2/c12-8-6-10(14)11(7-9(8)13)19(16,17)15-2-1-4-18-5-3-15/h6-7H,1-5H2. The molecule has 1 saturated heterocycles. The number of thioether (sulfide) groups is 1. The Morgan fingerprint density at radius 3 is 2.42 bits per heavy atom. The number of rotatable bonds is 2. The molecule has 0 atom stereocenters. The topological polar surface area (TPSA) is 37.4 Å². The van der Waals surface area contributed by atoms with Crippen LogP contribution in [0.5, 0.6) is 0 Å². The highest BCUT2D eigenvalue weighted by Crippen LogP contribution is 2.24. The second-order valence-electron chi connectivity index (χ2n) is 4.07. The summed E-state index contributed by atoms with van der Waals surface area (Å²) in [5, 5.41) is 0. The molecule has 0 amide bonds. The van der Waals surface area contributed by atoms with E-state index in [1.807, 2.05) is 0 Å². The molecule has 1 aliphatic heterocycles. The first kappa shape index (κ1) is 14.7. The van der Waals surface area contributed by atoms with Crippen molar-refractivity contribution in [2.24, 2.45) is 0 Å². The summed E-state index contributed by atoms with van der Waals surface area (Å²) in [5.41, 5.74) is 0. The van der Waals surface area contributed by atoms with Crippen LogP contribution in [0.1, 0.15) is 6.42 Å². The van der Waals surface area contributed by atoms with Gasteiger partial charge in [0.1, 0.15) is 10.7 Å². The average Bonchev–Trinajstić information content (AvgIpc) is 2.62. The van der Waals surface area contributed by atoms with Crippen molar-refractivity contribution in [2.75, 3.05) is 24.6 Å². The Bertz CT molecular complexity index is 570. The second-order valence-corrected chi connectivity index (χ2v) is 7.20. The van der Waals surface area contributed by atoms with Gasteiger partial charge in [0.2, 0.25) is 10.0 Å². The molecule has 0 radical (unpaired) electrons. The molecule has 8 heteroatoms. The van der Waals surface area contributed by atoms with Gasteiger partial charge in [-0.3, -0.25) is 0 Å². The number of halogens is 3. The smallest absolute Gasteiger partial charge is 0.207 e. The Morgan fingerprint density at radius 2 is 1.68 bits per heavy atom. The number of hydrogen-bond acceptors (Lipinski definition) is 3. The van der Waals surface area contributed by atoms with E-state index in [2.05, 4.69) is 0 Å². The molecule has 0 saturated carbocycles. The zero-order valence-corrected chi connectivity index (χ0v) is 11.5. The molecule has 0 N–H and O–H groups in total. The van der Waals surface area contributed by atoms with Crippen molar-refractivity contribution in [3.05, 3.63) is 29.6 Å². The Morgan fingerprint density at radius 1 is 1.00 bits per heavy atom. The molecule has 3 nitrogen and oxygen atoms in total. The SMILES string of the molecule is O=S(=O)(c1cc(F)c(F)cc1F)N1CCCSCC1. The molecule has 0 unspecified atom stereocenters. The fourth-order valence-electron chi connectivity index (χ4n) is 1.80. The third kappa shape index (κ3) is 3.06. The summed E-state index contributed by atoms with van der Waals surface area (Å²) >= 11 is 1.61. The van der Waals surface area contributed by atoms with Gasteiger partial charge in [-0.2, -0.15) is 16.1 Å². The van der Waals surface area contributed by atoms with E-state index >= 15 is 0 Å². The summed E-state index contributed by atoms with van der Waals surface area (Å²) in [4.78, 5) is -0.807. The van der Waals surface area contributed by atoms with Gasteiger partial charge in [0.25, 0.3) is 0 Å². The summed E-state index contributed by atoms with van der Waals surface area (Å²) in [6, 6.07) is 0.660. The molecule has 0 aromatic heterocycles. The van der Waals surface area contributed by atoms with E-state index < -0.39 is 32.4 Å². The minimum atomic E-state index is -4.12. The van der Waals surface area contributed by atoms with Crippen molar-refractivity contribution in [2.45, 2.75) is 11.3 Å². The van der Waals surface area contributed by atoms with Gasteiger partial charge in [0, 0.05) is 24.9 Å². The minimum Gasteiger partial charge on any atom is -0.207 e. The third-order valence-corrected chi connectivity index (χ3v) is 5.74. The molecule has 2 rings (SSSR count). The number of sulfonamides is 1. The molecular weight excluding hydrogens is 299 g/mol. The first-order chi connectivity index (χ1) is 8.93. The Hall–Kier alpha value is -0.730. The minimum absolute atomic E-state index is 0.242. The summed E-state index contributed by atoms with van der Waals surface area (Å²) in [7, 11) is -4.12. The van der Waals surface area contributed by atoms with Crippen molar-refractivity contribution in [1.82, 2.24) is 4.31 Å². The summed E-state index contributed by atoms with van der Waals surface area (Å²) in [6.45, 7) is 0.499. The predicted octanol–water partition coefficient (Wildman–Crippen LogP) is 2.23. The van der Waals surface area contributed by atoms with E-state index in [0.29, 0.717) is 18.2 Å². The maximum atomic E-state index is 13.6. The van der Waals surface area contributed by atoms with Gasteiger partial charge in [0.05, 0.1) is 0 Å². The predicted molar refractivity (Wildman–Crippen MR) is 67.0 cm³/mol. The lowest BCUT2D eigenvalue weighted by molar-refractivity contribution is 0.426. The van der Waals surface area contributed by atoms with Crippen LogP contribution in [-0.2, 0) is 10.0 Å². The zero-order chi connectivity index (χ0) is 14.0. The molecule has 1 aromatic carbocycles. The molecule has 1 fully saturated rings. The monoisotopic (exact) mass is 311 g/mol. The van der Waals surface area contributed by atoms with Gasteiger partial charge >= 0.3 is 0 Å². The highest BCUT2D eigenvalue weighted by Gasteiger charge is 2.29. The first-order valence-electron chi connectivity index (χ1n) is 5.65. The van der Waals surface area contributed by atoms with Gasteiger partial charge < -0.3 is 0 Å². The molecular formula is C11H12F3NO2S2. The quantitative estimate of drug-likeness (QED) is 0.786. The second kappa shape index (κ2) is 5.72. The number of benzene rings is 1. The van der Waals surface area contributed by atoms with E-state index in [0.717, 1.165) is 10.1 Å². The maximum absolute atomic E-state index is 13.6.